The number of anilines is 1. The zero-order chi connectivity index (χ0) is 12.1. The third-order valence-electron chi connectivity index (χ3n) is 2.74. The van der Waals surface area contributed by atoms with Gasteiger partial charge in [-0.05, 0) is 36.6 Å². The van der Waals surface area contributed by atoms with Crippen LogP contribution in [0.4, 0.5) is 5.82 Å². The van der Waals surface area contributed by atoms with Gasteiger partial charge < -0.3 is 5.32 Å². The number of aryl methyl sites for hydroxylation is 2. The molecule has 1 heterocycles. The SMILES string of the molecule is CCc1cc(C)nc(NCc2ccccc2)c1. The van der Waals surface area contributed by atoms with Crippen LogP contribution in [-0.4, -0.2) is 4.98 Å². The van der Waals surface area contributed by atoms with Crippen molar-refractivity contribution in [2.45, 2.75) is 26.8 Å². The van der Waals surface area contributed by atoms with E-state index >= 15 is 0 Å². The fourth-order valence-corrected chi connectivity index (χ4v) is 1.82. The smallest absolute Gasteiger partial charge is 0.126 e. The highest BCUT2D eigenvalue weighted by atomic mass is 15.0. The summed E-state index contributed by atoms with van der Waals surface area (Å²) in [6.07, 6.45) is 1.05. The molecule has 17 heavy (non-hydrogen) atoms. The highest BCUT2D eigenvalue weighted by Gasteiger charge is 1.99. The highest BCUT2D eigenvalue weighted by molar-refractivity contribution is 5.40. The first-order valence-electron chi connectivity index (χ1n) is 6.03. The van der Waals surface area contributed by atoms with E-state index in [0.717, 1.165) is 24.5 Å². The van der Waals surface area contributed by atoms with Crippen LogP contribution in [0.5, 0.6) is 0 Å². The number of hydrogen-bond donors (Lipinski definition) is 1. The number of nitrogens with zero attached hydrogens (tertiary/aromatic N) is 1. The lowest BCUT2D eigenvalue weighted by Crippen LogP contribution is -2.02. The van der Waals surface area contributed by atoms with E-state index < -0.39 is 0 Å². The Kier molecular flexibility index (Phi) is 3.76. The molecular formula is C15H18N2. The Labute approximate surface area is 103 Å². The molecule has 0 unspecified atom stereocenters. The second-order valence-corrected chi connectivity index (χ2v) is 4.19. The Morgan fingerprint density at radius 3 is 2.53 bits per heavy atom. The molecule has 2 heteroatoms. The van der Waals surface area contributed by atoms with E-state index in [1.54, 1.807) is 0 Å². The van der Waals surface area contributed by atoms with E-state index in [-0.39, 0.29) is 0 Å². The molecule has 88 valence electrons. The van der Waals surface area contributed by atoms with E-state index in [1.165, 1.54) is 11.1 Å². The van der Waals surface area contributed by atoms with E-state index in [9.17, 15) is 0 Å². The predicted molar refractivity (Wildman–Crippen MR) is 72.1 cm³/mol. The molecule has 0 saturated carbocycles. The molecule has 1 aromatic heterocycles. The predicted octanol–water partition coefficient (Wildman–Crippen LogP) is 3.56. The third kappa shape index (κ3) is 3.31. The molecule has 1 aromatic carbocycles. The molecule has 0 amide bonds. The molecule has 0 bridgehead atoms. The molecule has 0 atom stereocenters. The lowest BCUT2D eigenvalue weighted by molar-refractivity contribution is 1.05. The van der Waals surface area contributed by atoms with Gasteiger partial charge in [0.1, 0.15) is 5.82 Å². The van der Waals surface area contributed by atoms with Crippen molar-refractivity contribution in [3.8, 4) is 0 Å². The molecule has 0 saturated heterocycles. The second kappa shape index (κ2) is 5.48. The molecule has 2 nitrogen and oxygen atoms in total. The number of hydrogen-bond acceptors (Lipinski definition) is 2. The van der Waals surface area contributed by atoms with E-state index in [2.05, 4.69) is 53.6 Å². The first kappa shape index (κ1) is 11.6. The minimum absolute atomic E-state index is 0.820. The van der Waals surface area contributed by atoms with Crippen molar-refractivity contribution < 1.29 is 0 Å². The second-order valence-electron chi connectivity index (χ2n) is 4.19. The normalized spacial score (nSPS) is 10.2. The molecule has 0 fully saturated rings. The van der Waals surface area contributed by atoms with Gasteiger partial charge in [-0.1, -0.05) is 37.3 Å². The van der Waals surface area contributed by atoms with Crippen LogP contribution >= 0.6 is 0 Å². The average Bonchev–Trinajstić information content (AvgIpc) is 2.37. The van der Waals surface area contributed by atoms with Gasteiger partial charge in [0, 0.05) is 12.2 Å². The molecule has 2 aromatic rings. The van der Waals surface area contributed by atoms with E-state index in [4.69, 9.17) is 0 Å². The van der Waals surface area contributed by atoms with Crippen LogP contribution in [0.25, 0.3) is 0 Å². The molecular weight excluding hydrogens is 208 g/mol. The van der Waals surface area contributed by atoms with Crippen LogP contribution < -0.4 is 5.32 Å². The third-order valence-corrected chi connectivity index (χ3v) is 2.74. The minimum Gasteiger partial charge on any atom is -0.366 e. The topological polar surface area (TPSA) is 24.9 Å². The number of rotatable bonds is 4. The van der Waals surface area contributed by atoms with E-state index in [0.29, 0.717) is 0 Å². The first-order chi connectivity index (χ1) is 8.28. The largest absolute Gasteiger partial charge is 0.366 e. The fraction of sp³-hybridized carbons (Fsp3) is 0.267. The van der Waals surface area contributed by atoms with Crippen LogP contribution in [0.15, 0.2) is 42.5 Å². The summed E-state index contributed by atoms with van der Waals surface area (Å²) in [5.74, 6) is 0.964. The summed E-state index contributed by atoms with van der Waals surface area (Å²) in [6.45, 7) is 5.02. The Bertz CT molecular complexity index is 478. The van der Waals surface area contributed by atoms with Crippen molar-refractivity contribution in [3.05, 3.63) is 59.3 Å². The maximum atomic E-state index is 4.49. The van der Waals surface area contributed by atoms with Gasteiger partial charge >= 0.3 is 0 Å². The minimum atomic E-state index is 0.820. The van der Waals surface area contributed by atoms with Crippen LogP contribution in [0.3, 0.4) is 0 Å². The quantitative estimate of drug-likeness (QED) is 0.862. The molecule has 0 aliphatic carbocycles. The van der Waals surface area contributed by atoms with Crippen molar-refractivity contribution in [1.29, 1.82) is 0 Å². The van der Waals surface area contributed by atoms with Crippen LogP contribution in [-0.2, 0) is 13.0 Å². The zero-order valence-corrected chi connectivity index (χ0v) is 10.4. The van der Waals surface area contributed by atoms with Gasteiger partial charge in [-0.3, -0.25) is 0 Å². The van der Waals surface area contributed by atoms with Crippen LogP contribution in [0.1, 0.15) is 23.7 Å². The van der Waals surface area contributed by atoms with Gasteiger partial charge in [-0.2, -0.15) is 0 Å². The first-order valence-corrected chi connectivity index (χ1v) is 6.03. The Balaban J connectivity index is 2.06. The molecule has 0 aliphatic rings. The van der Waals surface area contributed by atoms with Crippen LogP contribution in [0, 0.1) is 6.92 Å². The summed E-state index contributed by atoms with van der Waals surface area (Å²) < 4.78 is 0. The van der Waals surface area contributed by atoms with Gasteiger partial charge in [0.2, 0.25) is 0 Å². The van der Waals surface area contributed by atoms with Gasteiger partial charge in [0.05, 0.1) is 0 Å². The number of benzene rings is 1. The lowest BCUT2D eigenvalue weighted by Gasteiger charge is -2.08. The van der Waals surface area contributed by atoms with Gasteiger partial charge in [0.15, 0.2) is 0 Å². The molecule has 0 radical (unpaired) electrons. The average molecular weight is 226 g/mol. The van der Waals surface area contributed by atoms with Crippen molar-refractivity contribution >= 4 is 5.82 Å². The number of nitrogens with one attached hydrogen (secondary N) is 1. The summed E-state index contributed by atoms with van der Waals surface area (Å²) in [5, 5.41) is 3.37. The molecule has 1 N–H and O–H groups in total. The summed E-state index contributed by atoms with van der Waals surface area (Å²) in [5.41, 5.74) is 3.67. The maximum absolute atomic E-state index is 4.49. The van der Waals surface area contributed by atoms with Gasteiger partial charge in [0.25, 0.3) is 0 Å². The molecule has 0 aliphatic heterocycles. The van der Waals surface area contributed by atoms with E-state index in [1.807, 2.05) is 13.0 Å². The highest BCUT2D eigenvalue weighted by Crippen LogP contribution is 2.12. The van der Waals surface area contributed by atoms with Crippen molar-refractivity contribution in [1.82, 2.24) is 4.98 Å². The Morgan fingerprint density at radius 1 is 1.06 bits per heavy atom. The molecule has 0 spiro atoms. The summed E-state index contributed by atoms with van der Waals surface area (Å²) >= 11 is 0. The van der Waals surface area contributed by atoms with Crippen molar-refractivity contribution in [2.24, 2.45) is 0 Å². The molecule has 2 rings (SSSR count). The number of aromatic nitrogens is 1. The maximum Gasteiger partial charge on any atom is 0.126 e. The fourth-order valence-electron chi connectivity index (χ4n) is 1.82. The van der Waals surface area contributed by atoms with Gasteiger partial charge in [-0.25, -0.2) is 4.98 Å². The summed E-state index contributed by atoms with van der Waals surface area (Å²) in [4.78, 5) is 4.49. The Morgan fingerprint density at radius 2 is 1.82 bits per heavy atom. The van der Waals surface area contributed by atoms with Gasteiger partial charge in [-0.15, -0.1) is 0 Å². The van der Waals surface area contributed by atoms with Crippen molar-refractivity contribution in [3.63, 3.8) is 0 Å². The monoisotopic (exact) mass is 226 g/mol. The van der Waals surface area contributed by atoms with Crippen LogP contribution in [0.2, 0.25) is 0 Å². The lowest BCUT2D eigenvalue weighted by atomic mass is 10.2. The Hall–Kier alpha value is -1.83. The number of pyridine rings is 1. The van der Waals surface area contributed by atoms with Crippen molar-refractivity contribution in [2.75, 3.05) is 5.32 Å². The summed E-state index contributed by atoms with van der Waals surface area (Å²) in [7, 11) is 0. The summed E-state index contributed by atoms with van der Waals surface area (Å²) in [6, 6.07) is 14.6. The standard InChI is InChI=1S/C15H18N2/c1-3-13-9-12(2)17-15(10-13)16-11-14-7-5-4-6-8-14/h4-10H,3,11H2,1-2H3,(H,16,17). The zero-order valence-electron chi connectivity index (χ0n) is 10.4.